The number of carbonyl (C=O) groups excluding carboxylic acids is 1. The summed E-state index contributed by atoms with van der Waals surface area (Å²) < 4.78 is 4.89. The second-order valence-electron chi connectivity index (χ2n) is 7.48. The fourth-order valence-electron chi connectivity index (χ4n) is 3.68. The molecule has 2 aromatic carbocycles. The number of hydrogen-bond donors (Lipinski definition) is 1. The second kappa shape index (κ2) is 10.1. The van der Waals surface area contributed by atoms with E-state index in [1.54, 1.807) is 12.1 Å². The van der Waals surface area contributed by atoms with Crippen LogP contribution in [0.1, 0.15) is 56.7 Å². The lowest BCUT2D eigenvalue weighted by atomic mass is 9.86. The number of hydrogen-bond acceptors (Lipinski definition) is 4. The number of phenolic OH excluding ortho intramolecular Hbond substituents is 1. The number of benzene rings is 2. The molecule has 4 heteroatoms. The van der Waals surface area contributed by atoms with E-state index in [-0.39, 0.29) is 18.3 Å². The molecule has 0 aromatic heterocycles. The van der Waals surface area contributed by atoms with Crippen LogP contribution in [-0.4, -0.2) is 35.1 Å². The van der Waals surface area contributed by atoms with Crippen molar-refractivity contribution in [3.8, 4) is 5.75 Å². The summed E-state index contributed by atoms with van der Waals surface area (Å²) in [5.41, 5.74) is 2.93. The van der Waals surface area contributed by atoms with Gasteiger partial charge in [0, 0.05) is 23.6 Å². The Morgan fingerprint density at radius 2 is 1.70 bits per heavy atom. The fourth-order valence-corrected chi connectivity index (χ4v) is 3.68. The maximum absolute atomic E-state index is 10.6. The molecule has 0 fully saturated rings. The van der Waals surface area contributed by atoms with Crippen LogP contribution in [0.15, 0.2) is 48.5 Å². The van der Waals surface area contributed by atoms with E-state index in [1.807, 2.05) is 24.3 Å². The Hall–Kier alpha value is -2.33. The molecule has 1 unspecified atom stereocenters. The van der Waals surface area contributed by atoms with Crippen LogP contribution in [0.25, 0.3) is 0 Å². The van der Waals surface area contributed by atoms with Gasteiger partial charge in [-0.3, -0.25) is 9.69 Å². The van der Waals surface area contributed by atoms with Gasteiger partial charge in [0.15, 0.2) is 0 Å². The maximum atomic E-state index is 10.6. The number of carbonyl (C=O) groups is 1. The van der Waals surface area contributed by atoms with Gasteiger partial charge in [0.1, 0.15) is 12.4 Å². The van der Waals surface area contributed by atoms with Crippen molar-refractivity contribution in [2.24, 2.45) is 0 Å². The lowest BCUT2D eigenvalue weighted by Crippen LogP contribution is -2.38. The molecule has 2 aromatic rings. The zero-order chi connectivity index (χ0) is 19.8. The molecule has 0 spiro atoms. The van der Waals surface area contributed by atoms with Gasteiger partial charge in [0.05, 0.1) is 0 Å². The third kappa shape index (κ3) is 5.83. The van der Waals surface area contributed by atoms with Crippen LogP contribution in [0.2, 0.25) is 0 Å². The highest BCUT2D eigenvalue weighted by molar-refractivity contribution is 5.44. The van der Waals surface area contributed by atoms with Gasteiger partial charge < -0.3 is 9.84 Å². The molecule has 27 heavy (non-hydrogen) atoms. The summed E-state index contributed by atoms with van der Waals surface area (Å²) in [6, 6.07) is 16.6. The molecule has 1 N–H and O–H groups in total. The van der Waals surface area contributed by atoms with Crippen molar-refractivity contribution in [3.63, 3.8) is 0 Å². The Morgan fingerprint density at radius 3 is 2.30 bits per heavy atom. The summed E-state index contributed by atoms with van der Waals surface area (Å²) in [6.07, 6.45) is 0.895. The van der Waals surface area contributed by atoms with Crippen LogP contribution in [0.5, 0.6) is 5.75 Å². The first-order chi connectivity index (χ1) is 12.9. The summed E-state index contributed by atoms with van der Waals surface area (Å²) in [5.74, 6) is 0.349. The number of aromatic hydroxyl groups is 1. The van der Waals surface area contributed by atoms with Gasteiger partial charge in [-0.25, -0.2) is 0 Å². The monoisotopic (exact) mass is 369 g/mol. The summed E-state index contributed by atoms with van der Waals surface area (Å²) in [4.78, 5) is 13.0. The lowest BCUT2D eigenvalue weighted by Gasteiger charge is -2.32. The van der Waals surface area contributed by atoms with E-state index >= 15 is 0 Å². The second-order valence-corrected chi connectivity index (χ2v) is 7.48. The molecule has 0 bridgehead atoms. The Kier molecular flexibility index (Phi) is 7.86. The van der Waals surface area contributed by atoms with Crippen LogP contribution < -0.4 is 0 Å². The molecule has 0 heterocycles. The highest BCUT2D eigenvalue weighted by Gasteiger charge is 2.21. The highest BCUT2D eigenvalue weighted by Crippen LogP contribution is 2.35. The van der Waals surface area contributed by atoms with Crippen molar-refractivity contribution in [1.29, 1.82) is 0 Å². The molecular formula is C23H31NO3. The standard InChI is InChI=1S/C23H31NO3/c1-17(2)24(18(3)4)13-12-21(20-8-6-5-7-9-20)22-14-19(15-27-16-25)10-11-23(22)26/h5-11,14,16-18,21,26H,12-13,15H2,1-4H3. The first-order valence-electron chi connectivity index (χ1n) is 9.61. The summed E-state index contributed by atoms with van der Waals surface area (Å²) in [5, 5.41) is 10.6. The van der Waals surface area contributed by atoms with Crippen molar-refractivity contribution in [2.45, 2.75) is 58.7 Å². The molecule has 1 atom stereocenters. The van der Waals surface area contributed by atoms with Gasteiger partial charge in [-0.1, -0.05) is 36.4 Å². The highest BCUT2D eigenvalue weighted by atomic mass is 16.5. The van der Waals surface area contributed by atoms with Crippen LogP contribution in [0.4, 0.5) is 0 Å². The zero-order valence-corrected chi connectivity index (χ0v) is 16.8. The van der Waals surface area contributed by atoms with Gasteiger partial charge in [-0.05, 0) is 63.9 Å². The van der Waals surface area contributed by atoms with E-state index < -0.39 is 0 Å². The van der Waals surface area contributed by atoms with E-state index in [4.69, 9.17) is 4.74 Å². The molecule has 4 nitrogen and oxygen atoms in total. The van der Waals surface area contributed by atoms with Crippen LogP contribution >= 0.6 is 0 Å². The van der Waals surface area contributed by atoms with Crippen molar-refractivity contribution in [2.75, 3.05) is 6.54 Å². The average molecular weight is 370 g/mol. The summed E-state index contributed by atoms with van der Waals surface area (Å²) in [6.45, 7) is 10.5. The first-order valence-corrected chi connectivity index (χ1v) is 9.61. The topological polar surface area (TPSA) is 49.8 Å². The largest absolute Gasteiger partial charge is 0.508 e. The van der Waals surface area contributed by atoms with Gasteiger partial charge in [-0.15, -0.1) is 0 Å². The molecule has 146 valence electrons. The quantitative estimate of drug-likeness (QED) is 0.617. The van der Waals surface area contributed by atoms with E-state index in [0.717, 1.165) is 24.1 Å². The Balaban J connectivity index is 2.34. The van der Waals surface area contributed by atoms with Crippen molar-refractivity contribution in [1.82, 2.24) is 4.90 Å². The van der Waals surface area contributed by atoms with Gasteiger partial charge in [0.25, 0.3) is 6.47 Å². The predicted octanol–water partition coefficient (Wildman–Crippen LogP) is 4.71. The van der Waals surface area contributed by atoms with Crippen LogP contribution in [0.3, 0.4) is 0 Å². The summed E-state index contributed by atoms with van der Waals surface area (Å²) >= 11 is 0. The predicted molar refractivity (Wildman–Crippen MR) is 109 cm³/mol. The first kappa shape index (κ1) is 21.0. The molecule has 0 aliphatic rings. The van der Waals surface area contributed by atoms with Crippen molar-refractivity contribution in [3.05, 3.63) is 65.2 Å². The molecule has 0 aliphatic carbocycles. The van der Waals surface area contributed by atoms with Crippen molar-refractivity contribution < 1.29 is 14.6 Å². The number of rotatable bonds is 10. The molecule has 0 amide bonds. The minimum Gasteiger partial charge on any atom is -0.508 e. The summed E-state index contributed by atoms with van der Waals surface area (Å²) in [7, 11) is 0. The molecule has 0 radical (unpaired) electrons. The van der Waals surface area contributed by atoms with E-state index in [1.165, 1.54) is 5.56 Å². The number of nitrogens with zero attached hydrogens (tertiary/aromatic N) is 1. The molecule has 0 saturated carbocycles. The van der Waals surface area contributed by atoms with Gasteiger partial charge in [-0.2, -0.15) is 0 Å². The third-order valence-electron chi connectivity index (χ3n) is 4.99. The molecule has 0 saturated heterocycles. The Labute approximate surface area is 162 Å². The van der Waals surface area contributed by atoms with Crippen LogP contribution in [-0.2, 0) is 16.1 Å². The smallest absolute Gasteiger partial charge is 0.293 e. The minimum atomic E-state index is 0.0716. The SMILES string of the molecule is CC(C)N(CCC(c1ccccc1)c1cc(COC=O)ccc1O)C(C)C. The molecular weight excluding hydrogens is 338 g/mol. The normalized spacial score (nSPS) is 12.6. The molecule has 2 rings (SSSR count). The number of ether oxygens (including phenoxy) is 1. The fraction of sp³-hybridized carbons (Fsp3) is 0.435. The number of phenols is 1. The maximum Gasteiger partial charge on any atom is 0.293 e. The zero-order valence-electron chi connectivity index (χ0n) is 16.8. The van der Waals surface area contributed by atoms with Crippen LogP contribution in [0, 0.1) is 0 Å². The lowest BCUT2D eigenvalue weighted by molar-refractivity contribution is -0.129. The van der Waals surface area contributed by atoms with Gasteiger partial charge in [0.2, 0.25) is 0 Å². The van der Waals surface area contributed by atoms with E-state index in [0.29, 0.717) is 18.6 Å². The third-order valence-corrected chi connectivity index (χ3v) is 4.99. The van der Waals surface area contributed by atoms with E-state index in [9.17, 15) is 9.90 Å². The van der Waals surface area contributed by atoms with Gasteiger partial charge >= 0.3 is 0 Å². The van der Waals surface area contributed by atoms with E-state index in [2.05, 4.69) is 44.7 Å². The minimum absolute atomic E-state index is 0.0716. The Morgan fingerprint density at radius 1 is 1.04 bits per heavy atom. The average Bonchev–Trinajstić information content (AvgIpc) is 2.65. The van der Waals surface area contributed by atoms with Crippen molar-refractivity contribution >= 4 is 6.47 Å². The Bertz CT molecular complexity index is 705. The molecule has 0 aliphatic heterocycles.